The molecule has 0 aliphatic carbocycles. The molecule has 2 aromatic rings. The Labute approximate surface area is 158 Å². The van der Waals surface area contributed by atoms with Crippen LogP contribution >= 0.6 is 0 Å². The summed E-state index contributed by atoms with van der Waals surface area (Å²) in [4.78, 5) is 36.9. The molecule has 1 fully saturated rings. The largest absolute Gasteiger partial charge is 0.340 e. The van der Waals surface area contributed by atoms with E-state index in [-0.39, 0.29) is 17.7 Å². The summed E-state index contributed by atoms with van der Waals surface area (Å²) in [6.07, 6.45) is 6.06. The van der Waals surface area contributed by atoms with E-state index in [4.69, 9.17) is 0 Å². The molecule has 2 amide bonds. The van der Waals surface area contributed by atoms with Crippen molar-refractivity contribution in [3.8, 4) is 0 Å². The molecule has 0 saturated carbocycles. The number of anilines is 3. The molecule has 4 rings (SSSR count). The van der Waals surface area contributed by atoms with E-state index < -0.39 is 0 Å². The van der Waals surface area contributed by atoms with Crippen molar-refractivity contribution in [2.45, 2.75) is 26.2 Å². The third kappa shape index (κ3) is 3.63. The third-order valence-electron chi connectivity index (χ3n) is 5.25. The van der Waals surface area contributed by atoms with Gasteiger partial charge in [-0.1, -0.05) is 0 Å². The molecule has 0 radical (unpaired) electrons. The number of carbonyl (C=O) groups is 2. The van der Waals surface area contributed by atoms with Crippen LogP contribution in [0.2, 0.25) is 0 Å². The van der Waals surface area contributed by atoms with Crippen molar-refractivity contribution >= 4 is 29.1 Å². The molecule has 1 unspecified atom stereocenters. The lowest BCUT2D eigenvalue weighted by atomic mass is 9.97. The number of nitrogens with zero attached hydrogens (tertiary/aromatic N) is 4. The first-order valence-electron chi connectivity index (χ1n) is 9.35. The lowest BCUT2D eigenvalue weighted by molar-refractivity contribution is -0.120. The summed E-state index contributed by atoms with van der Waals surface area (Å²) < 4.78 is 0. The van der Waals surface area contributed by atoms with E-state index in [0.29, 0.717) is 19.0 Å². The molecule has 140 valence electrons. The predicted octanol–water partition coefficient (Wildman–Crippen LogP) is 2.24. The van der Waals surface area contributed by atoms with Gasteiger partial charge in [-0.3, -0.25) is 9.59 Å². The van der Waals surface area contributed by atoms with Crippen molar-refractivity contribution in [3.05, 3.63) is 42.2 Å². The number of nitrogens with one attached hydrogen (secondary N) is 1. The van der Waals surface area contributed by atoms with Gasteiger partial charge in [-0.15, -0.1) is 0 Å². The van der Waals surface area contributed by atoms with Gasteiger partial charge in [0.05, 0.1) is 5.92 Å². The van der Waals surface area contributed by atoms with Gasteiger partial charge in [0.1, 0.15) is 0 Å². The van der Waals surface area contributed by atoms with Gasteiger partial charge in [-0.05, 0) is 49.1 Å². The van der Waals surface area contributed by atoms with Gasteiger partial charge < -0.3 is 15.1 Å². The van der Waals surface area contributed by atoms with E-state index in [9.17, 15) is 9.59 Å². The Hall–Kier alpha value is -2.96. The van der Waals surface area contributed by atoms with Crippen LogP contribution in [-0.2, 0) is 16.0 Å². The topological polar surface area (TPSA) is 78.4 Å². The highest BCUT2D eigenvalue weighted by Gasteiger charge is 2.28. The molecule has 27 heavy (non-hydrogen) atoms. The number of aromatic nitrogens is 2. The van der Waals surface area contributed by atoms with E-state index >= 15 is 0 Å². The minimum absolute atomic E-state index is 0.0250. The Morgan fingerprint density at radius 1 is 1.19 bits per heavy atom. The summed E-state index contributed by atoms with van der Waals surface area (Å²) in [5, 5.41) is 3.05. The van der Waals surface area contributed by atoms with Crippen LogP contribution < -0.4 is 15.1 Å². The minimum atomic E-state index is -0.0930. The summed E-state index contributed by atoms with van der Waals surface area (Å²) in [6, 6.07) is 7.57. The summed E-state index contributed by atoms with van der Waals surface area (Å²) in [5.74, 6) is 0.661. The molecule has 0 bridgehead atoms. The molecule has 3 heterocycles. The number of rotatable bonds is 3. The average molecular weight is 365 g/mol. The Kier molecular flexibility index (Phi) is 4.75. The van der Waals surface area contributed by atoms with Gasteiger partial charge in [0.2, 0.25) is 17.8 Å². The summed E-state index contributed by atoms with van der Waals surface area (Å²) in [7, 11) is 0. The first-order chi connectivity index (χ1) is 13.1. The lowest BCUT2D eigenvalue weighted by Gasteiger charge is -2.31. The molecule has 1 aromatic heterocycles. The number of hydrogen-bond acceptors (Lipinski definition) is 5. The molecule has 7 nitrogen and oxygen atoms in total. The Balaban J connectivity index is 1.43. The van der Waals surface area contributed by atoms with Crippen LogP contribution in [0, 0.1) is 5.92 Å². The van der Waals surface area contributed by atoms with Crippen LogP contribution in [0.15, 0.2) is 36.7 Å². The fraction of sp³-hybridized carbons (Fsp3) is 0.400. The molecule has 0 spiro atoms. The fourth-order valence-electron chi connectivity index (χ4n) is 3.88. The minimum Gasteiger partial charge on any atom is -0.340 e. The lowest BCUT2D eigenvalue weighted by Crippen LogP contribution is -2.41. The maximum absolute atomic E-state index is 12.8. The monoisotopic (exact) mass is 365 g/mol. The van der Waals surface area contributed by atoms with Gasteiger partial charge >= 0.3 is 0 Å². The van der Waals surface area contributed by atoms with Crippen LogP contribution in [0.25, 0.3) is 0 Å². The number of benzene rings is 1. The zero-order chi connectivity index (χ0) is 18.8. The number of fused-ring (bicyclic) bond motifs is 1. The zero-order valence-electron chi connectivity index (χ0n) is 15.4. The highest BCUT2D eigenvalue weighted by molar-refractivity contribution is 5.96. The van der Waals surface area contributed by atoms with Crippen LogP contribution in [0.5, 0.6) is 0 Å². The van der Waals surface area contributed by atoms with E-state index in [1.807, 2.05) is 18.2 Å². The summed E-state index contributed by atoms with van der Waals surface area (Å²) in [6.45, 7) is 3.78. The second kappa shape index (κ2) is 7.34. The molecule has 1 N–H and O–H groups in total. The Bertz CT molecular complexity index is 855. The standard InChI is InChI=1S/C20H23N5O2/c1-14(26)25-11-7-15-12-17(5-6-18(15)25)23-19(27)16-4-2-10-24(13-16)20-21-8-3-9-22-20/h3,5-6,8-9,12,16H,2,4,7,10-11,13H2,1H3,(H,23,27). The van der Waals surface area contributed by atoms with Crippen molar-refractivity contribution in [2.24, 2.45) is 5.92 Å². The van der Waals surface area contributed by atoms with Crippen LogP contribution in [0.4, 0.5) is 17.3 Å². The molecule has 7 heteroatoms. The van der Waals surface area contributed by atoms with Gasteiger partial charge in [0.25, 0.3) is 0 Å². The third-order valence-corrected chi connectivity index (χ3v) is 5.25. The van der Waals surface area contributed by atoms with E-state index in [2.05, 4.69) is 20.2 Å². The highest BCUT2D eigenvalue weighted by Crippen LogP contribution is 2.31. The molecular formula is C20H23N5O2. The Morgan fingerprint density at radius 2 is 2.00 bits per heavy atom. The smallest absolute Gasteiger partial charge is 0.229 e. The van der Waals surface area contributed by atoms with Crippen LogP contribution in [-0.4, -0.2) is 41.4 Å². The molecule has 1 atom stereocenters. The van der Waals surface area contributed by atoms with Crippen LogP contribution in [0.1, 0.15) is 25.3 Å². The van der Waals surface area contributed by atoms with Crippen molar-refractivity contribution in [1.82, 2.24) is 9.97 Å². The summed E-state index contributed by atoms with van der Waals surface area (Å²) >= 11 is 0. The molecule has 1 saturated heterocycles. The van der Waals surface area contributed by atoms with Crippen molar-refractivity contribution in [2.75, 3.05) is 34.8 Å². The fourth-order valence-corrected chi connectivity index (χ4v) is 3.88. The normalized spacial score (nSPS) is 18.9. The second-order valence-corrected chi connectivity index (χ2v) is 7.09. The van der Waals surface area contributed by atoms with Gasteiger partial charge in [-0.2, -0.15) is 0 Å². The van der Waals surface area contributed by atoms with Crippen molar-refractivity contribution in [1.29, 1.82) is 0 Å². The highest BCUT2D eigenvalue weighted by atomic mass is 16.2. The first kappa shape index (κ1) is 17.5. The molecule has 1 aromatic carbocycles. The maximum Gasteiger partial charge on any atom is 0.229 e. The SMILES string of the molecule is CC(=O)N1CCc2cc(NC(=O)C3CCCN(c4ncccn4)C3)ccc21. The Morgan fingerprint density at radius 3 is 2.78 bits per heavy atom. The van der Waals surface area contributed by atoms with Gasteiger partial charge in [-0.25, -0.2) is 9.97 Å². The second-order valence-electron chi connectivity index (χ2n) is 7.09. The zero-order valence-corrected chi connectivity index (χ0v) is 15.4. The van der Waals surface area contributed by atoms with E-state index in [1.165, 1.54) is 0 Å². The predicted molar refractivity (Wildman–Crippen MR) is 104 cm³/mol. The number of amides is 2. The average Bonchev–Trinajstić information content (AvgIpc) is 3.12. The number of carbonyl (C=O) groups excluding carboxylic acids is 2. The first-order valence-corrected chi connectivity index (χ1v) is 9.35. The van der Waals surface area contributed by atoms with Crippen LogP contribution in [0.3, 0.4) is 0 Å². The maximum atomic E-state index is 12.8. The van der Waals surface area contributed by atoms with Crippen molar-refractivity contribution in [3.63, 3.8) is 0 Å². The summed E-state index contributed by atoms with van der Waals surface area (Å²) in [5.41, 5.74) is 2.84. The molecular weight excluding hydrogens is 342 g/mol. The number of piperidine rings is 1. The van der Waals surface area contributed by atoms with E-state index in [1.54, 1.807) is 30.3 Å². The quantitative estimate of drug-likeness (QED) is 0.902. The molecule has 2 aliphatic heterocycles. The molecule has 2 aliphatic rings. The van der Waals surface area contributed by atoms with Crippen molar-refractivity contribution < 1.29 is 9.59 Å². The van der Waals surface area contributed by atoms with Gasteiger partial charge in [0.15, 0.2) is 0 Å². The van der Waals surface area contributed by atoms with Gasteiger partial charge in [0, 0.05) is 50.3 Å². The number of hydrogen-bond donors (Lipinski definition) is 1. The van der Waals surface area contributed by atoms with E-state index in [0.717, 1.165) is 42.7 Å².